The summed E-state index contributed by atoms with van der Waals surface area (Å²) < 4.78 is 5.44. The van der Waals surface area contributed by atoms with Gasteiger partial charge in [0.15, 0.2) is 0 Å². The molecule has 0 aliphatic carbocycles. The first-order chi connectivity index (χ1) is 14.2. The quantitative estimate of drug-likeness (QED) is 0.350. The summed E-state index contributed by atoms with van der Waals surface area (Å²) in [6, 6.07) is 25.2. The van der Waals surface area contributed by atoms with Crippen molar-refractivity contribution in [2.45, 2.75) is 6.92 Å². The van der Waals surface area contributed by atoms with E-state index in [9.17, 15) is 9.59 Å². The van der Waals surface area contributed by atoms with Gasteiger partial charge in [-0.3, -0.25) is 9.59 Å². The zero-order valence-electron chi connectivity index (χ0n) is 16.1. The Morgan fingerprint density at radius 2 is 1.24 bits per heavy atom. The van der Waals surface area contributed by atoms with E-state index in [0.29, 0.717) is 18.0 Å². The van der Waals surface area contributed by atoms with Crippen LogP contribution in [0.5, 0.6) is 5.75 Å². The molecule has 5 nitrogen and oxygen atoms in total. The Bertz CT molecular complexity index is 926. The number of rotatable bonds is 7. The van der Waals surface area contributed by atoms with E-state index in [1.54, 1.807) is 54.6 Å². The molecule has 3 aromatic rings. The van der Waals surface area contributed by atoms with Crippen molar-refractivity contribution >= 4 is 29.3 Å². The average molecular weight is 386 g/mol. The molecule has 0 aliphatic rings. The number of nitrogens with one attached hydrogen (secondary N) is 2. The minimum absolute atomic E-state index is 0.00173. The van der Waals surface area contributed by atoms with Gasteiger partial charge < -0.3 is 15.4 Å². The monoisotopic (exact) mass is 386 g/mol. The van der Waals surface area contributed by atoms with Gasteiger partial charge in [-0.25, -0.2) is 0 Å². The van der Waals surface area contributed by atoms with Crippen molar-refractivity contribution in [3.05, 3.63) is 96.1 Å². The fourth-order valence-corrected chi connectivity index (χ4v) is 2.67. The van der Waals surface area contributed by atoms with Gasteiger partial charge in [0.05, 0.1) is 6.61 Å². The fourth-order valence-electron chi connectivity index (χ4n) is 2.67. The second kappa shape index (κ2) is 9.90. The molecule has 0 atom stereocenters. The van der Waals surface area contributed by atoms with Crippen LogP contribution < -0.4 is 15.4 Å². The Hall–Kier alpha value is -3.86. The summed E-state index contributed by atoms with van der Waals surface area (Å²) in [7, 11) is 0. The van der Waals surface area contributed by atoms with E-state index < -0.39 is 11.8 Å². The number of hydrogen-bond donors (Lipinski definition) is 2. The molecule has 0 unspecified atom stereocenters. The highest BCUT2D eigenvalue weighted by atomic mass is 16.5. The van der Waals surface area contributed by atoms with Crippen LogP contribution >= 0.6 is 0 Å². The number of amides is 2. The van der Waals surface area contributed by atoms with Crippen LogP contribution in [0.25, 0.3) is 6.08 Å². The van der Waals surface area contributed by atoms with E-state index in [4.69, 9.17) is 4.74 Å². The van der Waals surface area contributed by atoms with Crippen molar-refractivity contribution in [3.8, 4) is 5.75 Å². The molecule has 0 saturated heterocycles. The second-order valence-corrected chi connectivity index (χ2v) is 6.20. The van der Waals surface area contributed by atoms with Crippen molar-refractivity contribution in [1.29, 1.82) is 0 Å². The lowest BCUT2D eigenvalue weighted by Gasteiger charge is -2.11. The van der Waals surface area contributed by atoms with Gasteiger partial charge in [0.2, 0.25) is 0 Å². The molecule has 2 amide bonds. The molecule has 0 spiro atoms. The maximum atomic E-state index is 12.9. The summed E-state index contributed by atoms with van der Waals surface area (Å²) in [6.45, 7) is 2.48. The Morgan fingerprint density at radius 1 is 0.759 bits per heavy atom. The lowest BCUT2D eigenvalue weighted by atomic mass is 10.1. The molecular weight excluding hydrogens is 364 g/mol. The van der Waals surface area contributed by atoms with Crippen LogP contribution in [-0.2, 0) is 9.59 Å². The predicted octanol–water partition coefficient (Wildman–Crippen LogP) is 4.75. The first-order valence-corrected chi connectivity index (χ1v) is 9.33. The smallest absolute Gasteiger partial charge is 0.261 e. The first-order valence-electron chi connectivity index (χ1n) is 9.33. The Morgan fingerprint density at radius 3 is 1.69 bits per heavy atom. The van der Waals surface area contributed by atoms with Crippen LogP contribution in [0.1, 0.15) is 12.5 Å². The molecule has 5 heteroatoms. The van der Waals surface area contributed by atoms with E-state index in [2.05, 4.69) is 10.6 Å². The summed E-state index contributed by atoms with van der Waals surface area (Å²) >= 11 is 0. The van der Waals surface area contributed by atoms with Crippen molar-refractivity contribution in [1.82, 2.24) is 0 Å². The molecule has 0 heterocycles. The molecule has 0 aliphatic heterocycles. The van der Waals surface area contributed by atoms with Crippen LogP contribution in [0.4, 0.5) is 11.4 Å². The molecule has 0 aromatic heterocycles. The van der Waals surface area contributed by atoms with Crippen LogP contribution in [0.3, 0.4) is 0 Å². The van der Waals surface area contributed by atoms with Crippen molar-refractivity contribution in [3.63, 3.8) is 0 Å². The standard InChI is InChI=1S/C24H22N2O3/c1-2-29-21-15-13-18(14-16-21)17-22(23(27)25-19-9-5-3-6-10-19)24(28)26-20-11-7-4-8-12-20/h3-17H,2H2,1H3,(H,25,27)(H,26,28). The number of carbonyl (C=O) groups is 2. The van der Waals surface area contributed by atoms with E-state index in [1.165, 1.54) is 0 Å². The molecule has 0 bridgehead atoms. The number of ether oxygens (including phenoxy) is 1. The van der Waals surface area contributed by atoms with Gasteiger partial charge in [-0.05, 0) is 55.0 Å². The van der Waals surface area contributed by atoms with Crippen LogP contribution in [-0.4, -0.2) is 18.4 Å². The topological polar surface area (TPSA) is 67.4 Å². The molecule has 3 aromatic carbocycles. The Balaban J connectivity index is 1.87. The minimum Gasteiger partial charge on any atom is -0.494 e. The number of anilines is 2. The summed E-state index contributed by atoms with van der Waals surface area (Å²) in [5, 5.41) is 5.54. The zero-order valence-corrected chi connectivity index (χ0v) is 16.1. The Kier molecular flexibility index (Phi) is 6.79. The zero-order chi connectivity index (χ0) is 20.5. The van der Waals surface area contributed by atoms with E-state index in [-0.39, 0.29) is 5.57 Å². The number of hydrogen-bond acceptors (Lipinski definition) is 3. The third kappa shape index (κ3) is 5.81. The van der Waals surface area contributed by atoms with Gasteiger partial charge in [0.1, 0.15) is 11.3 Å². The third-order valence-corrected chi connectivity index (χ3v) is 4.05. The highest BCUT2D eigenvalue weighted by Crippen LogP contribution is 2.17. The summed E-state index contributed by atoms with van der Waals surface area (Å²) in [4.78, 5) is 25.7. The van der Waals surface area contributed by atoms with Gasteiger partial charge in [0.25, 0.3) is 11.8 Å². The summed E-state index contributed by atoms with van der Waals surface area (Å²) in [5.41, 5.74) is 1.95. The molecule has 0 radical (unpaired) electrons. The number of para-hydroxylation sites is 2. The third-order valence-electron chi connectivity index (χ3n) is 4.05. The lowest BCUT2D eigenvalue weighted by molar-refractivity contribution is -0.118. The molecule has 3 rings (SSSR count). The molecule has 29 heavy (non-hydrogen) atoms. The highest BCUT2D eigenvalue weighted by Gasteiger charge is 2.19. The lowest BCUT2D eigenvalue weighted by Crippen LogP contribution is -2.25. The minimum atomic E-state index is -0.487. The van der Waals surface area contributed by atoms with Gasteiger partial charge in [0, 0.05) is 11.4 Å². The summed E-state index contributed by atoms with van der Waals surface area (Å²) in [5.74, 6) is -0.245. The van der Waals surface area contributed by atoms with Crippen molar-refractivity contribution in [2.75, 3.05) is 17.2 Å². The van der Waals surface area contributed by atoms with Crippen LogP contribution in [0, 0.1) is 0 Å². The van der Waals surface area contributed by atoms with Crippen LogP contribution in [0.2, 0.25) is 0 Å². The molecular formula is C24H22N2O3. The Labute approximate surface area is 170 Å². The normalized spacial score (nSPS) is 9.97. The van der Waals surface area contributed by atoms with Gasteiger partial charge in [-0.1, -0.05) is 48.5 Å². The highest BCUT2D eigenvalue weighted by molar-refractivity contribution is 6.28. The van der Waals surface area contributed by atoms with E-state index in [0.717, 1.165) is 11.3 Å². The maximum absolute atomic E-state index is 12.9. The predicted molar refractivity (Wildman–Crippen MR) is 116 cm³/mol. The fraction of sp³-hybridized carbons (Fsp3) is 0.0833. The molecule has 0 saturated carbocycles. The SMILES string of the molecule is CCOc1ccc(C=C(C(=O)Nc2ccccc2)C(=O)Nc2ccccc2)cc1. The van der Waals surface area contributed by atoms with Crippen molar-refractivity contribution < 1.29 is 14.3 Å². The van der Waals surface area contributed by atoms with E-state index in [1.807, 2.05) is 43.3 Å². The number of benzene rings is 3. The largest absolute Gasteiger partial charge is 0.494 e. The van der Waals surface area contributed by atoms with E-state index >= 15 is 0 Å². The molecule has 2 N–H and O–H groups in total. The summed E-state index contributed by atoms with van der Waals surface area (Å²) in [6.07, 6.45) is 1.56. The second-order valence-electron chi connectivity index (χ2n) is 6.20. The molecule has 146 valence electrons. The average Bonchev–Trinajstić information content (AvgIpc) is 2.74. The maximum Gasteiger partial charge on any atom is 0.261 e. The van der Waals surface area contributed by atoms with Gasteiger partial charge >= 0.3 is 0 Å². The van der Waals surface area contributed by atoms with Gasteiger partial charge in [-0.2, -0.15) is 0 Å². The number of carbonyl (C=O) groups excluding carboxylic acids is 2. The van der Waals surface area contributed by atoms with Gasteiger partial charge in [-0.15, -0.1) is 0 Å². The first kappa shape index (κ1) is 19.9. The van der Waals surface area contributed by atoms with Crippen LogP contribution in [0.15, 0.2) is 90.5 Å². The molecule has 0 fully saturated rings. The van der Waals surface area contributed by atoms with Crippen molar-refractivity contribution in [2.24, 2.45) is 0 Å².